The molecule has 2 heterocycles. The van der Waals surface area contributed by atoms with Crippen LogP contribution in [0.4, 0.5) is 0 Å². The molecule has 1 aromatic heterocycles. The number of nitrogens with zero attached hydrogens (tertiary/aromatic N) is 2. The van der Waals surface area contributed by atoms with Crippen molar-refractivity contribution >= 4 is 15.9 Å². The zero-order valence-electron chi connectivity index (χ0n) is 8.90. The van der Waals surface area contributed by atoms with Gasteiger partial charge in [-0.2, -0.15) is 5.10 Å². The summed E-state index contributed by atoms with van der Waals surface area (Å²) in [5.41, 5.74) is 4.57. The lowest BCUT2D eigenvalue weighted by molar-refractivity contribution is 0.130. The van der Waals surface area contributed by atoms with E-state index in [1.165, 1.54) is 11.3 Å². The summed E-state index contributed by atoms with van der Waals surface area (Å²) in [6, 6.07) is 8.15. The van der Waals surface area contributed by atoms with Crippen LogP contribution in [0.25, 0.3) is 5.69 Å². The van der Waals surface area contributed by atoms with Crippen molar-refractivity contribution in [1.29, 1.82) is 0 Å². The molecule has 0 N–H and O–H groups in total. The Balaban J connectivity index is 2.13. The average molecular weight is 279 g/mol. The van der Waals surface area contributed by atoms with E-state index in [0.717, 1.165) is 15.9 Å². The van der Waals surface area contributed by atoms with E-state index >= 15 is 0 Å². The summed E-state index contributed by atoms with van der Waals surface area (Å²) in [6.07, 6.45) is 0. The minimum Gasteiger partial charge on any atom is -0.370 e. The van der Waals surface area contributed by atoms with Crippen molar-refractivity contribution in [3.05, 3.63) is 45.7 Å². The summed E-state index contributed by atoms with van der Waals surface area (Å²) in [7, 11) is 0. The molecular weight excluding hydrogens is 268 g/mol. The number of rotatable bonds is 1. The summed E-state index contributed by atoms with van der Waals surface area (Å²) in [5.74, 6) is 0. The lowest BCUT2D eigenvalue weighted by Crippen LogP contribution is -2.01. The van der Waals surface area contributed by atoms with Crippen LogP contribution >= 0.6 is 15.9 Å². The van der Waals surface area contributed by atoms with E-state index < -0.39 is 0 Å². The van der Waals surface area contributed by atoms with Crippen LogP contribution in [0.5, 0.6) is 0 Å². The van der Waals surface area contributed by atoms with Crippen molar-refractivity contribution < 1.29 is 4.74 Å². The summed E-state index contributed by atoms with van der Waals surface area (Å²) in [6.45, 7) is 3.38. The van der Waals surface area contributed by atoms with Crippen LogP contribution in [0.1, 0.15) is 17.0 Å². The van der Waals surface area contributed by atoms with Gasteiger partial charge in [-0.3, -0.25) is 0 Å². The number of benzene rings is 1. The van der Waals surface area contributed by atoms with Gasteiger partial charge in [-0.15, -0.1) is 0 Å². The molecular formula is C12H11BrN2O. The molecule has 0 saturated heterocycles. The number of aromatic nitrogens is 2. The number of halogens is 1. The highest BCUT2D eigenvalue weighted by Gasteiger charge is 2.21. The monoisotopic (exact) mass is 278 g/mol. The molecule has 0 spiro atoms. The molecule has 0 unspecified atom stereocenters. The molecule has 82 valence electrons. The Bertz CT molecular complexity index is 531. The van der Waals surface area contributed by atoms with Gasteiger partial charge in [0.15, 0.2) is 0 Å². The van der Waals surface area contributed by atoms with E-state index in [0.29, 0.717) is 13.2 Å². The highest BCUT2D eigenvalue weighted by molar-refractivity contribution is 9.10. The molecule has 1 aromatic carbocycles. The van der Waals surface area contributed by atoms with Crippen molar-refractivity contribution in [1.82, 2.24) is 9.78 Å². The second-order valence-electron chi connectivity index (χ2n) is 3.89. The third kappa shape index (κ3) is 1.49. The summed E-state index contributed by atoms with van der Waals surface area (Å²) < 4.78 is 8.50. The van der Waals surface area contributed by atoms with E-state index in [4.69, 9.17) is 4.74 Å². The minimum absolute atomic E-state index is 0.659. The van der Waals surface area contributed by atoms with Crippen molar-refractivity contribution in [3.63, 3.8) is 0 Å². The Morgan fingerprint density at radius 3 is 2.75 bits per heavy atom. The van der Waals surface area contributed by atoms with Crippen molar-refractivity contribution in [3.8, 4) is 5.69 Å². The molecule has 16 heavy (non-hydrogen) atoms. The molecule has 1 aliphatic rings. The number of fused-ring (bicyclic) bond motifs is 1. The van der Waals surface area contributed by atoms with Gasteiger partial charge in [0, 0.05) is 10.0 Å². The van der Waals surface area contributed by atoms with Gasteiger partial charge in [-0.25, -0.2) is 4.68 Å². The maximum atomic E-state index is 5.45. The van der Waals surface area contributed by atoms with Gasteiger partial charge in [0.25, 0.3) is 0 Å². The molecule has 0 radical (unpaired) electrons. The van der Waals surface area contributed by atoms with Gasteiger partial charge >= 0.3 is 0 Å². The van der Waals surface area contributed by atoms with Crippen LogP contribution in [0, 0.1) is 6.92 Å². The van der Waals surface area contributed by atoms with Gasteiger partial charge in [-0.1, -0.05) is 15.9 Å². The van der Waals surface area contributed by atoms with Crippen molar-refractivity contribution in [2.24, 2.45) is 0 Å². The molecule has 0 amide bonds. The second-order valence-corrected chi connectivity index (χ2v) is 4.81. The lowest BCUT2D eigenvalue weighted by Gasteiger charge is -2.04. The Morgan fingerprint density at radius 2 is 2.00 bits per heavy atom. The molecule has 3 nitrogen and oxygen atoms in total. The third-order valence-electron chi connectivity index (χ3n) is 2.85. The second kappa shape index (κ2) is 3.71. The zero-order chi connectivity index (χ0) is 11.1. The van der Waals surface area contributed by atoms with Gasteiger partial charge in [-0.05, 0) is 31.2 Å². The van der Waals surface area contributed by atoms with Crippen molar-refractivity contribution in [2.75, 3.05) is 0 Å². The molecule has 4 heteroatoms. The van der Waals surface area contributed by atoms with Crippen LogP contribution in [0.2, 0.25) is 0 Å². The van der Waals surface area contributed by atoms with Gasteiger partial charge in [0.2, 0.25) is 0 Å². The van der Waals surface area contributed by atoms with E-state index in [9.17, 15) is 0 Å². The number of aryl methyl sites for hydroxylation is 1. The number of ether oxygens (including phenoxy) is 1. The molecule has 0 atom stereocenters. The first-order valence-corrected chi connectivity index (χ1v) is 5.96. The van der Waals surface area contributed by atoms with Gasteiger partial charge < -0.3 is 4.74 Å². The first kappa shape index (κ1) is 10.1. The maximum Gasteiger partial charge on any atom is 0.0897 e. The van der Waals surface area contributed by atoms with Gasteiger partial charge in [0.1, 0.15) is 0 Å². The van der Waals surface area contributed by atoms with Crippen LogP contribution in [-0.4, -0.2) is 9.78 Å². The zero-order valence-corrected chi connectivity index (χ0v) is 10.5. The SMILES string of the molecule is Cc1nn(-c2ccc(Br)cc2)c2c1COC2. The standard InChI is InChI=1S/C12H11BrN2O/c1-8-11-6-16-7-12(11)15(14-8)10-4-2-9(13)3-5-10/h2-5H,6-7H2,1H3. The fraction of sp³-hybridized carbons (Fsp3) is 0.250. The summed E-state index contributed by atoms with van der Waals surface area (Å²) in [5, 5.41) is 4.55. The van der Waals surface area contributed by atoms with Crippen LogP contribution < -0.4 is 0 Å². The average Bonchev–Trinajstić information content (AvgIpc) is 2.84. The number of hydrogen-bond donors (Lipinski definition) is 0. The largest absolute Gasteiger partial charge is 0.370 e. The van der Waals surface area contributed by atoms with E-state index in [2.05, 4.69) is 33.2 Å². The molecule has 3 rings (SSSR count). The molecule has 0 bridgehead atoms. The quantitative estimate of drug-likeness (QED) is 0.802. The third-order valence-corrected chi connectivity index (χ3v) is 3.38. The lowest BCUT2D eigenvalue weighted by atomic mass is 10.2. The Labute approximate surface area is 102 Å². The molecule has 0 fully saturated rings. The fourth-order valence-corrected chi connectivity index (χ4v) is 2.25. The first-order chi connectivity index (χ1) is 7.75. The van der Waals surface area contributed by atoms with E-state index in [-0.39, 0.29) is 0 Å². The Hall–Kier alpha value is -1.13. The molecule has 0 aliphatic carbocycles. The minimum atomic E-state index is 0.659. The van der Waals surface area contributed by atoms with Gasteiger partial charge in [0.05, 0.1) is 30.3 Å². The van der Waals surface area contributed by atoms with E-state index in [1.807, 2.05) is 23.7 Å². The highest BCUT2D eigenvalue weighted by Crippen LogP contribution is 2.26. The van der Waals surface area contributed by atoms with Crippen LogP contribution in [0.3, 0.4) is 0 Å². The smallest absolute Gasteiger partial charge is 0.0897 e. The normalized spacial score (nSPS) is 14.1. The molecule has 2 aromatic rings. The van der Waals surface area contributed by atoms with Crippen LogP contribution in [0.15, 0.2) is 28.7 Å². The Morgan fingerprint density at radius 1 is 1.25 bits per heavy atom. The van der Waals surface area contributed by atoms with Crippen LogP contribution in [-0.2, 0) is 18.0 Å². The number of hydrogen-bond acceptors (Lipinski definition) is 2. The summed E-state index contributed by atoms with van der Waals surface area (Å²) in [4.78, 5) is 0. The topological polar surface area (TPSA) is 27.1 Å². The van der Waals surface area contributed by atoms with Crippen molar-refractivity contribution in [2.45, 2.75) is 20.1 Å². The first-order valence-electron chi connectivity index (χ1n) is 5.17. The predicted octanol–water partition coefficient (Wildman–Crippen LogP) is 2.97. The molecule has 1 aliphatic heterocycles. The molecule has 0 saturated carbocycles. The summed E-state index contributed by atoms with van der Waals surface area (Å²) >= 11 is 3.43. The van der Waals surface area contributed by atoms with E-state index in [1.54, 1.807) is 0 Å². The fourth-order valence-electron chi connectivity index (χ4n) is 1.99. The predicted molar refractivity (Wildman–Crippen MR) is 64.5 cm³/mol. The highest BCUT2D eigenvalue weighted by atomic mass is 79.9. The maximum absolute atomic E-state index is 5.45. The Kier molecular flexibility index (Phi) is 2.33.